The van der Waals surface area contributed by atoms with E-state index in [9.17, 15) is 4.79 Å². The molecule has 0 aromatic heterocycles. The van der Waals surface area contributed by atoms with Crippen molar-refractivity contribution in [2.24, 2.45) is 0 Å². The van der Waals surface area contributed by atoms with Crippen LogP contribution in [0.25, 0.3) is 0 Å². The number of thiol groups is 1. The highest BCUT2D eigenvalue weighted by atomic mass is 32.1. The first-order chi connectivity index (χ1) is 5.57. The number of amides is 1. The van der Waals surface area contributed by atoms with E-state index in [4.69, 9.17) is 0 Å². The van der Waals surface area contributed by atoms with Gasteiger partial charge in [0.05, 0.1) is 5.25 Å². The highest BCUT2D eigenvalue weighted by Crippen LogP contribution is 1.90. The van der Waals surface area contributed by atoms with Crippen molar-refractivity contribution in [3.63, 3.8) is 0 Å². The molecular weight excluding hydrogens is 172 g/mol. The van der Waals surface area contributed by atoms with Crippen LogP contribution in [-0.2, 0) is 4.79 Å². The van der Waals surface area contributed by atoms with E-state index in [2.05, 4.69) is 29.8 Å². The number of likely N-dealkylation sites (N-methyl/N-ethyl adjacent to an activating group) is 1. The van der Waals surface area contributed by atoms with Gasteiger partial charge in [-0.25, -0.2) is 0 Å². The molecule has 0 heterocycles. The maximum absolute atomic E-state index is 11.0. The number of carbonyl (C=O) groups excluding carboxylic acids is 1. The Morgan fingerprint density at radius 1 is 1.67 bits per heavy atom. The quantitative estimate of drug-likeness (QED) is 0.614. The van der Waals surface area contributed by atoms with Gasteiger partial charge in [-0.05, 0) is 20.5 Å². The molecule has 4 heteroatoms. The third-order valence-corrected chi connectivity index (χ3v) is 1.95. The van der Waals surface area contributed by atoms with Gasteiger partial charge in [0.1, 0.15) is 0 Å². The van der Waals surface area contributed by atoms with Crippen LogP contribution in [0, 0.1) is 0 Å². The van der Waals surface area contributed by atoms with Gasteiger partial charge >= 0.3 is 0 Å². The average Bonchev–Trinajstić information content (AvgIpc) is 2.03. The van der Waals surface area contributed by atoms with Gasteiger partial charge in [0.15, 0.2) is 0 Å². The van der Waals surface area contributed by atoms with Crippen LogP contribution in [0.5, 0.6) is 0 Å². The third kappa shape index (κ3) is 5.43. The van der Waals surface area contributed by atoms with Gasteiger partial charge in [-0.3, -0.25) is 4.79 Å². The van der Waals surface area contributed by atoms with Crippen molar-refractivity contribution >= 4 is 18.5 Å². The predicted octanol–water partition coefficient (Wildman–Crippen LogP) is 0.373. The summed E-state index contributed by atoms with van der Waals surface area (Å²) in [6, 6.07) is 0. The standard InChI is InChI=1S/C8H18N2OS/c1-4-10(3)6-5-9-8(11)7(2)12/h7,12H,4-6H2,1-3H3,(H,9,11). The maximum atomic E-state index is 11.0. The molecule has 0 aromatic carbocycles. The molecule has 0 fully saturated rings. The van der Waals surface area contributed by atoms with E-state index in [1.807, 2.05) is 7.05 Å². The molecule has 0 aliphatic carbocycles. The van der Waals surface area contributed by atoms with Gasteiger partial charge in [0, 0.05) is 13.1 Å². The summed E-state index contributed by atoms with van der Waals surface area (Å²) in [5.74, 6) is 0.00263. The molecule has 0 saturated carbocycles. The molecule has 12 heavy (non-hydrogen) atoms. The van der Waals surface area contributed by atoms with Crippen molar-refractivity contribution in [2.75, 3.05) is 26.7 Å². The van der Waals surface area contributed by atoms with Crippen molar-refractivity contribution in [3.05, 3.63) is 0 Å². The predicted molar refractivity (Wildman–Crippen MR) is 54.6 cm³/mol. The molecule has 0 spiro atoms. The fourth-order valence-electron chi connectivity index (χ4n) is 0.676. The van der Waals surface area contributed by atoms with Gasteiger partial charge in [0.25, 0.3) is 0 Å². The Balaban J connectivity index is 3.37. The van der Waals surface area contributed by atoms with Crippen LogP contribution in [0.2, 0.25) is 0 Å². The number of hydrogen-bond donors (Lipinski definition) is 2. The highest BCUT2D eigenvalue weighted by Gasteiger charge is 2.05. The van der Waals surface area contributed by atoms with Gasteiger partial charge < -0.3 is 10.2 Å². The van der Waals surface area contributed by atoms with E-state index in [-0.39, 0.29) is 11.2 Å². The number of carbonyl (C=O) groups is 1. The Bertz CT molecular complexity index is 139. The Morgan fingerprint density at radius 2 is 2.25 bits per heavy atom. The number of nitrogens with zero attached hydrogens (tertiary/aromatic N) is 1. The molecule has 3 nitrogen and oxygen atoms in total. The minimum absolute atomic E-state index is 0.00263. The summed E-state index contributed by atoms with van der Waals surface area (Å²) in [5, 5.41) is 2.58. The Kier molecular flexibility index (Phi) is 6.20. The van der Waals surface area contributed by atoms with Gasteiger partial charge in [-0.1, -0.05) is 6.92 Å². The monoisotopic (exact) mass is 190 g/mol. The first kappa shape index (κ1) is 11.8. The lowest BCUT2D eigenvalue weighted by Gasteiger charge is -2.14. The molecule has 0 aliphatic heterocycles. The summed E-state index contributed by atoms with van der Waals surface area (Å²) >= 11 is 4.01. The second-order valence-electron chi connectivity index (χ2n) is 2.86. The fraction of sp³-hybridized carbons (Fsp3) is 0.875. The van der Waals surface area contributed by atoms with Crippen molar-refractivity contribution < 1.29 is 4.79 Å². The average molecular weight is 190 g/mol. The number of nitrogens with one attached hydrogen (secondary N) is 1. The van der Waals surface area contributed by atoms with E-state index in [1.54, 1.807) is 6.92 Å². The molecule has 72 valence electrons. The highest BCUT2D eigenvalue weighted by molar-refractivity contribution is 7.81. The molecule has 0 aromatic rings. The zero-order chi connectivity index (χ0) is 9.56. The minimum atomic E-state index is -0.211. The van der Waals surface area contributed by atoms with Crippen LogP contribution in [0.3, 0.4) is 0 Å². The summed E-state index contributed by atoms with van der Waals surface area (Å²) in [5.41, 5.74) is 0. The summed E-state index contributed by atoms with van der Waals surface area (Å²) in [7, 11) is 2.02. The largest absolute Gasteiger partial charge is 0.354 e. The molecule has 0 bridgehead atoms. The van der Waals surface area contributed by atoms with Crippen molar-refractivity contribution in [3.8, 4) is 0 Å². The molecule has 1 atom stereocenters. The van der Waals surface area contributed by atoms with E-state index in [1.165, 1.54) is 0 Å². The molecule has 1 unspecified atom stereocenters. The SMILES string of the molecule is CCN(C)CCNC(=O)C(C)S. The van der Waals surface area contributed by atoms with Crippen LogP contribution >= 0.6 is 12.6 Å². The third-order valence-electron chi connectivity index (χ3n) is 1.71. The van der Waals surface area contributed by atoms with E-state index >= 15 is 0 Å². The van der Waals surface area contributed by atoms with E-state index in [0.717, 1.165) is 13.1 Å². The lowest BCUT2D eigenvalue weighted by Crippen LogP contribution is -2.36. The zero-order valence-electron chi connectivity index (χ0n) is 8.00. The molecule has 1 N–H and O–H groups in total. The molecule has 0 rings (SSSR count). The Labute approximate surface area is 79.9 Å². The maximum Gasteiger partial charge on any atom is 0.232 e. The molecule has 1 amide bonds. The zero-order valence-corrected chi connectivity index (χ0v) is 8.90. The van der Waals surface area contributed by atoms with Crippen LogP contribution in [-0.4, -0.2) is 42.7 Å². The van der Waals surface area contributed by atoms with Gasteiger partial charge in [0.2, 0.25) is 5.91 Å². The minimum Gasteiger partial charge on any atom is -0.354 e. The van der Waals surface area contributed by atoms with Crippen LogP contribution in [0.4, 0.5) is 0 Å². The van der Waals surface area contributed by atoms with Crippen molar-refractivity contribution in [1.82, 2.24) is 10.2 Å². The fourth-order valence-corrected chi connectivity index (χ4v) is 0.767. The van der Waals surface area contributed by atoms with Gasteiger partial charge in [-0.15, -0.1) is 0 Å². The topological polar surface area (TPSA) is 32.3 Å². The molecule has 0 radical (unpaired) electrons. The first-order valence-electron chi connectivity index (χ1n) is 4.22. The van der Waals surface area contributed by atoms with E-state index in [0.29, 0.717) is 6.54 Å². The normalized spacial score (nSPS) is 13.1. The van der Waals surface area contributed by atoms with E-state index < -0.39 is 0 Å². The number of rotatable bonds is 5. The van der Waals surface area contributed by atoms with Crippen molar-refractivity contribution in [1.29, 1.82) is 0 Å². The second kappa shape index (κ2) is 6.31. The smallest absolute Gasteiger partial charge is 0.232 e. The molecular formula is C8H18N2OS. The summed E-state index contributed by atoms with van der Waals surface area (Å²) in [6.07, 6.45) is 0. The lowest BCUT2D eigenvalue weighted by molar-refractivity contribution is -0.120. The van der Waals surface area contributed by atoms with Crippen LogP contribution in [0.15, 0.2) is 0 Å². The van der Waals surface area contributed by atoms with Crippen molar-refractivity contribution in [2.45, 2.75) is 19.1 Å². The Morgan fingerprint density at radius 3 is 2.67 bits per heavy atom. The molecule has 0 saturated heterocycles. The molecule has 0 aliphatic rings. The van der Waals surface area contributed by atoms with Crippen LogP contribution in [0.1, 0.15) is 13.8 Å². The summed E-state index contributed by atoms with van der Waals surface area (Å²) < 4.78 is 0. The first-order valence-corrected chi connectivity index (χ1v) is 4.74. The van der Waals surface area contributed by atoms with Gasteiger partial charge in [-0.2, -0.15) is 12.6 Å². The second-order valence-corrected chi connectivity index (χ2v) is 3.64. The summed E-state index contributed by atoms with van der Waals surface area (Å²) in [6.45, 7) is 6.45. The number of hydrogen-bond acceptors (Lipinski definition) is 3. The Hall–Kier alpha value is -0.220. The van der Waals surface area contributed by atoms with Crippen LogP contribution < -0.4 is 5.32 Å². The summed E-state index contributed by atoms with van der Waals surface area (Å²) in [4.78, 5) is 13.1. The lowest BCUT2D eigenvalue weighted by atomic mass is 10.4.